The number of hydrogen-bond acceptors (Lipinski definition) is 4. The SMILES string of the molecule is COc1cc(C(=O)NC(C)(CN)C(C)C)cc(OC)c1Br. The summed E-state index contributed by atoms with van der Waals surface area (Å²) in [5.41, 5.74) is 5.80. The fourth-order valence-electron chi connectivity index (χ4n) is 1.76. The Morgan fingerprint density at radius 3 is 2.14 bits per heavy atom. The molecule has 21 heavy (non-hydrogen) atoms. The maximum absolute atomic E-state index is 12.5. The summed E-state index contributed by atoms with van der Waals surface area (Å²) in [7, 11) is 3.08. The molecule has 0 heterocycles. The highest BCUT2D eigenvalue weighted by molar-refractivity contribution is 9.10. The van der Waals surface area contributed by atoms with E-state index in [9.17, 15) is 4.79 Å². The van der Waals surface area contributed by atoms with Crippen LogP contribution >= 0.6 is 15.9 Å². The van der Waals surface area contributed by atoms with Gasteiger partial charge in [0.05, 0.1) is 19.8 Å². The molecule has 1 rings (SSSR count). The number of benzene rings is 1. The lowest BCUT2D eigenvalue weighted by atomic mass is 9.88. The van der Waals surface area contributed by atoms with E-state index in [1.165, 1.54) is 0 Å². The molecule has 0 aliphatic carbocycles. The first-order valence-corrected chi connectivity index (χ1v) is 7.52. The quantitative estimate of drug-likeness (QED) is 0.819. The highest BCUT2D eigenvalue weighted by Crippen LogP contribution is 2.35. The molecule has 1 amide bonds. The number of nitrogens with one attached hydrogen (secondary N) is 1. The average Bonchev–Trinajstić information content (AvgIpc) is 2.46. The van der Waals surface area contributed by atoms with E-state index in [-0.39, 0.29) is 11.8 Å². The van der Waals surface area contributed by atoms with Crippen molar-refractivity contribution < 1.29 is 14.3 Å². The summed E-state index contributed by atoms with van der Waals surface area (Å²) in [6.45, 7) is 6.34. The fourth-order valence-corrected chi connectivity index (χ4v) is 2.32. The van der Waals surface area contributed by atoms with Crippen molar-refractivity contribution in [2.75, 3.05) is 20.8 Å². The van der Waals surface area contributed by atoms with Crippen LogP contribution in [-0.4, -0.2) is 32.2 Å². The number of carbonyl (C=O) groups excluding carboxylic acids is 1. The topological polar surface area (TPSA) is 73.6 Å². The Balaban J connectivity index is 3.13. The number of nitrogens with two attached hydrogens (primary N) is 1. The zero-order chi connectivity index (χ0) is 16.2. The van der Waals surface area contributed by atoms with Crippen LogP contribution in [0.1, 0.15) is 31.1 Å². The molecule has 5 nitrogen and oxygen atoms in total. The third-order valence-electron chi connectivity index (χ3n) is 3.81. The van der Waals surface area contributed by atoms with E-state index in [2.05, 4.69) is 21.2 Å². The van der Waals surface area contributed by atoms with Gasteiger partial charge in [-0.1, -0.05) is 13.8 Å². The van der Waals surface area contributed by atoms with Crippen LogP contribution < -0.4 is 20.5 Å². The third-order valence-corrected chi connectivity index (χ3v) is 4.59. The van der Waals surface area contributed by atoms with E-state index in [1.54, 1.807) is 26.4 Å². The summed E-state index contributed by atoms with van der Waals surface area (Å²) in [6.07, 6.45) is 0. The van der Waals surface area contributed by atoms with Crippen molar-refractivity contribution in [3.05, 3.63) is 22.2 Å². The van der Waals surface area contributed by atoms with Crippen molar-refractivity contribution in [1.82, 2.24) is 5.32 Å². The lowest BCUT2D eigenvalue weighted by Gasteiger charge is -2.33. The van der Waals surface area contributed by atoms with Crippen LogP contribution in [0.25, 0.3) is 0 Å². The largest absolute Gasteiger partial charge is 0.495 e. The van der Waals surface area contributed by atoms with E-state index < -0.39 is 5.54 Å². The standard InChI is InChI=1S/C15H23BrN2O3/c1-9(2)15(3,8-17)18-14(19)10-6-11(20-4)13(16)12(7-10)21-5/h6-7,9H,8,17H2,1-5H3,(H,18,19). The number of carbonyl (C=O) groups is 1. The molecule has 3 N–H and O–H groups in total. The van der Waals surface area contributed by atoms with Gasteiger partial charge in [0.2, 0.25) is 0 Å². The Bertz CT molecular complexity index is 495. The van der Waals surface area contributed by atoms with Crippen LogP contribution in [0.2, 0.25) is 0 Å². The number of methoxy groups -OCH3 is 2. The van der Waals surface area contributed by atoms with E-state index in [0.29, 0.717) is 28.1 Å². The number of halogens is 1. The van der Waals surface area contributed by atoms with Crippen molar-refractivity contribution in [2.24, 2.45) is 11.7 Å². The molecule has 1 aromatic carbocycles. The van der Waals surface area contributed by atoms with Gasteiger partial charge < -0.3 is 20.5 Å². The van der Waals surface area contributed by atoms with Gasteiger partial charge >= 0.3 is 0 Å². The van der Waals surface area contributed by atoms with Gasteiger partial charge in [0.15, 0.2) is 0 Å². The van der Waals surface area contributed by atoms with Crippen molar-refractivity contribution >= 4 is 21.8 Å². The Morgan fingerprint density at radius 1 is 1.33 bits per heavy atom. The first-order valence-electron chi connectivity index (χ1n) is 6.73. The second-order valence-electron chi connectivity index (χ2n) is 5.43. The van der Waals surface area contributed by atoms with E-state index in [4.69, 9.17) is 15.2 Å². The molecule has 1 unspecified atom stereocenters. The van der Waals surface area contributed by atoms with Crippen molar-refractivity contribution in [3.63, 3.8) is 0 Å². The van der Waals surface area contributed by atoms with Gasteiger partial charge in [0.1, 0.15) is 16.0 Å². The minimum atomic E-state index is -0.468. The summed E-state index contributed by atoms with van der Waals surface area (Å²) in [6, 6.07) is 3.33. The molecule has 0 radical (unpaired) electrons. The second-order valence-corrected chi connectivity index (χ2v) is 6.22. The highest BCUT2D eigenvalue weighted by atomic mass is 79.9. The van der Waals surface area contributed by atoms with Crippen molar-refractivity contribution in [3.8, 4) is 11.5 Å². The molecular formula is C15H23BrN2O3. The molecule has 118 valence electrons. The zero-order valence-corrected chi connectivity index (χ0v) is 14.7. The number of rotatable bonds is 6. The fraction of sp³-hybridized carbons (Fsp3) is 0.533. The summed E-state index contributed by atoms with van der Waals surface area (Å²) in [4.78, 5) is 12.5. The lowest BCUT2D eigenvalue weighted by molar-refractivity contribution is 0.0882. The van der Waals surface area contributed by atoms with Gasteiger partial charge in [0, 0.05) is 12.1 Å². The Labute approximate surface area is 134 Å². The molecule has 1 aromatic rings. The van der Waals surface area contributed by atoms with Gasteiger partial charge in [-0.2, -0.15) is 0 Å². The molecule has 0 aliphatic heterocycles. The van der Waals surface area contributed by atoms with Gasteiger partial charge in [-0.15, -0.1) is 0 Å². The van der Waals surface area contributed by atoms with E-state index in [1.807, 2.05) is 20.8 Å². The maximum Gasteiger partial charge on any atom is 0.252 e. The van der Waals surface area contributed by atoms with Gasteiger partial charge in [0.25, 0.3) is 5.91 Å². The highest BCUT2D eigenvalue weighted by Gasteiger charge is 2.29. The number of hydrogen-bond donors (Lipinski definition) is 2. The monoisotopic (exact) mass is 358 g/mol. The first-order chi connectivity index (χ1) is 9.78. The summed E-state index contributed by atoms with van der Waals surface area (Å²) >= 11 is 3.38. The van der Waals surface area contributed by atoms with Crippen molar-refractivity contribution in [2.45, 2.75) is 26.3 Å². The zero-order valence-electron chi connectivity index (χ0n) is 13.1. The smallest absolute Gasteiger partial charge is 0.252 e. The van der Waals surface area contributed by atoms with Crippen LogP contribution in [-0.2, 0) is 0 Å². The molecule has 0 saturated carbocycles. The van der Waals surface area contributed by atoms with E-state index in [0.717, 1.165) is 0 Å². The Hall–Kier alpha value is -1.27. The summed E-state index contributed by atoms with van der Waals surface area (Å²) < 4.78 is 11.2. The third kappa shape index (κ3) is 3.89. The minimum absolute atomic E-state index is 0.208. The van der Waals surface area contributed by atoms with Crippen molar-refractivity contribution in [1.29, 1.82) is 0 Å². The molecule has 0 bridgehead atoms. The molecule has 1 atom stereocenters. The maximum atomic E-state index is 12.5. The molecular weight excluding hydrogens is 336 g/mol. The normalized spacial score (nSPS) is 13.7. The first kappa shape index (κ1) is 17.8. The molecule has 0 saturated heterocycles. The van der Waals surface area contributed by atoms with Crippen LogP contribution in [0.5, 0.6) is 11.5 Å². The van der Waals surface area contributed by atoms with Gasteiger partial charge in [-0.25, -0.2) is 0 Å². The van der Waals surface area contributed by atoms with E-state index >= 15 is 0 Å². The van der Waals surface area contributed by atoms with Gasteiger partial charge in [-0.3, -0.25) is 4.79 Å². The predicted molar refractivity (Wildman–Crippen MR) is 87.0 cm³/mol. The predicted octanol–water partition coefficient (Wildman–Crippen LogP) is 2.57. The van der Waals surface area contributed by atoms with Gasteiger partial charge in [-0.05, 0) is 40.9 Å². The second kappa shape index (κ2) is 7.13. The molecule has 0 aliphatic rings. The Morgan fingerprint density at radius 2 is 1.81 bits per heavy atom. The molecule has 0 fully saturated rings. The molecule has 0 spiro atoms. The summed E-state index contributed by atoms with van der Waals surface area (Å²) in [5.74, 6) is 1.09. The number of ether oxygens (including phenoxy) is 2. The Kier molecular flexibility index (Phi) is 6.04. The van der Waals surface area contributed by atoms with Crippen LogP contribution in [0.4, 0.5) is 0 Å². The number of amides is 1. The molecule has 6 heteroatoms. The van der Waals surface area contributed by atoms with Crippen LogP contribution in [0.3, 0.4) is 0 Å². The van der Waals surface area contributed by atoms with Crippen LogP contribution in [0, 0.1) is 5.92 Å². The molecule has 0 aromatic heterocycles. The lowest BCUT2D eigenvalue weighted by Crippen LogP contribution is -2.55. The summed E-state index contributed by atoms with van der Waals surface area (Å²) in [5, 5.41) is 2.99. The van der Waals surface area contributed by atoms with Crippen LogP contribution in [0.15, 0.2) is 16.6 Å². The minimum Gasteiger partial charge on any atom is -0.495 e. The average molecular weight is 359 g/mol.